The van der Waals surface area contributed by atoms with Gasteiger partial charge in [0.1, 0.15) is 0 Å². The summed E-state index contributed by atoms with van der Waals surface area (Å²) in [6.07, 6.45) is 0.950. The predicted octanol–water partition coefficient (Wildman–Crippen LogP) is 2.89. The van der Waals surface area contributed by atoms with E-state index in [1.807, 2.05) is 32.0 Å². The highest BCUT2D eigenvalue weighted by molar-refractivity contribution is 6.28. The average Bonchev–Trinajstić information content (AvgIpc) is 3.27. The zero-order valence-electron chi connectivity index (χ0n) is 17.1. The van der Waals surface area contributed by atoms with Crippen molar-refractivity contribution < 1.29 is 4.79 Å². The first kappa shape index (κ1) is 19.6. The van der Waals surface area contributed by atoms with Gasteiger partial charge in [-0.2, -0.15) is 20.1 Å². The topological polar surface area (TPSA) is 138 Å². The Bertz CT molecular complexity index is 1130. The fourth-order valence-electron chi connectivity index (χ4n) is 4.13. The van der Waals surface area contributed by atoms with Crippen LogP contribution in [0.1, 0.15) is 43.0 Å². The van der Waals surface area contributed by atoms with Crippen molar-refractivity contribution in [2.45, 2.75) is 44.3 Å². The minimum atomic E-state index is -0.556. The van der Waals surface area contributed by atoms with Gasteiger partial charge in [0.15, 0.2) is 5.82 Å². The average molecular weight is 440 g/mol. The summed E-state index contributed by atoms with van der Waals surface area (Å²) < 4.78 is 0. The molecule has 160 valence electrons. The molecule has 0 saturated heterocycles. The van der Waals surface area contributed by atoms with E-state index >= 15 is 0 Å². The van der Waals surface area contributed by atoms with Crippen molar-refractivity contribution in [3.8, 4) is 0 Å². The minimum absolute atomic E-state index is 0.00780. The van der Waals surface area contributed by atoms with E-state index in [0.29, 0.717) is 18.3 Å². The minimum Gasteiger partial charge on any atom is -0.368 e. The lowest BCUT2D eigenvalue weighted by Crippen LogP contribution is -2.47. The smallest absolute Gasteiger partial charge is 0.318 e. The third-order valence-electron chi connectivity index (χ3n) is 5.90. The van der Waals surface area contributed by atoms with E-state index < -0.39 is 5.54 Å². The first-order valence-electron chi connectivity index (χ1n) is 9.98. The van der Waals surface area contributed by atoms with Gasteiger partial charge in [0, 0.05) is 17.5 Å². The van der Waals surface area contributed by atoms with Gasteiger partial charge >= 0.3 is 6.03 Å². The van der Waals surface area contributed by atoms with Crippen molar-refractivity contribution in [2.75, 3.05) is 11.1 Å². The Balaban J connectivity index is 1.31. The van der Waals surface area contributed by atoms with Gasteiger partial charge < -0.3 is 21.3 Å². The van der Waals surface area contributed by atoms with Crippen LogP contribution in [0.25, 0.3) is 0 Å². The zero-order valence-corrected chi connectivity index (χ0v) is 17.8. The quantitative estimate of drug-likeness (QED) is 0.490. The van der Waals surface area contributed by atoms with Gasteiger partial charge in [0.05, 0.1) is 17.8 Å². The maximum absolute atomic E-state index is 13.1. The van der Waals surface area contributed by atoms with E-state index in [4.69, 9.17) is 17.3 Å². The summed E-state index contributed by atoms with van der Waals surface area (Å²) in [4.78, 5) is 26.7. The van der Waals surface area contributed by atoms with Crippen LogP contribution in [0.3, 0.4) is 0 Å². The summed E-state index contributed by atoms with van der Waals surface area (Å²) in [5.41, 5.74) is 8.06. The SMILES string of the molecule is CC1(C)c2[nH]nc(Nc3nc(N)nc(Cl)n3)c2CN1C(=O)NC1CC1c1ccccc1. The zero-order chi connectivity index (χ0) is 21.8. The maximum atomic E-state index is 13.1. The monoisotopic (exact) mass is 439 g/mol. The van der Waals surface area contributed by atoms with Crippen LogP contribution in [0.15, 0.2) is 30.3 Å². The van der Waals surface area contributed by atoms with Gasteiger partial charge in [-0.1, -0.05) is 30.3 Å². The first-order valence-corrected chi connectivity index (χ1v) is 10.4. The normalized spacial score (nSPS) is 20.9. The number of hydrogen-bond acceptors (Lipinski definition) is 7. The van der Waals surface area contributed by atoms with Crippen molar-refractivity contribution in [1.82, 2.24) is 35.4 Å². The fourth-order valence-corrected chi connectivity index (χ4v) is 4.30. The largest absolute Gasteiger partial charge is 0.368 e. The molecule has 2 unspecified atom stereocenters. The molecular weight excluding hydrogens is 418 g/mol. The van der Waals surface area contributed by atoms with Crippen molar-refractivity contribution in [3.63, 3.8) is 0 Å². The van der Waals surface area contributed by atoms with Gasteiger partial charge in [-0.25, -0.2) is 4.79 Å². The maximum Gasteiger partial charge on any atom is 0.318 e. The Morgan fingerprint density at radius 2 is 2.03 bits per heavy atom. The lowest BCUT2D eigenvalue weighted by molar-refractivity contribution is 0.142. The summed E-state index contributed by atoms with van der Waals surface area (Å²) in [5, 5.41) is 13.6. The summed E-state index contributed by atoms with van der Waals surface area (Å²) in [7, 11) is 0. The van der Waals surface area contributed by atoms with Gasteiger partial charge in [0.2, 0.25) is 17.2 Å². The number of aromatic amines is 1. The lowest BCUT2D eigenvalue weighted by Gasteiger charge is -2.32. The highest BCUT2D eigenvalue weighted by Crippen LogP contribution is 2.43. The molecule has 11 heteroatoms. The van der Waals surface area contributed by atoms with Crippen LogP contribution in [0.5, 0.6) is 0 Å². The number of rotatable bonds is 4. The molecule has 1 aliphatic heterocycles. The number of carbonyl (C=O) groups is 1. The number of halogens is 1. The molecule has 31 heavy (non-hydrogen) atoms. The Kier molecular flexibility index (Phi) is 4.47. The van der Waals surface area contributed by atoms with E-state index in [-0.39, 0.29) is 29.3 Å². The van der Waals surface area contributed by atoms with Crippen LogP contribution >= 0.6 is 11.6 Å². The summed E-state index contributed by atoms with van der Waals surface area (Å²) >= 11 is 5.86. The molecule has 2 atom stereocenters. The predicted molar refractivity (Wildman–Crippen MR) is 116 cm³/mol. The number of urea groups is 1. The Morgan fingerprint density at radius 3 is 2.77 bits per heavy atom. The molecule has 1 fully saturated rings. The van der Waals surface area contributed by atoms with E-state index in [1.165, 1.54) is 5.56 Å². The third kappa shape index (κ3) is 3.52. The number of amides is 2. The number of fused-ring (bicyclic) bond motifs is 1. The standard InChI is InChI=1S/C20H22ClN9O/c1-20(2)14-12(15(29-28-14)24-18-26-16(21)25-17(22)27-18)9-30(20)19(31)23-13-8-11(13)10-6-4-3-5-7-10/h3-7,11,13H,8-9H2,1-2H3,(H,23,31)(H4,22,24,25,26,27,28,29). The first-order chi connectivity index (χ1) is 14.8. The number of hydrogen-bond donors (Lipinski definition) is 4. The summed E-state index contributed by atoms with van der Waals surface area (Å²) in [6.45, 7) is 4.36. The van der Waals surface area contributed by atoms with E-state index in [9.17, 15) is 4.79 Å². The number of anilines is 3. The summed E-state index contributed by atoms with van der Waals surface area (Å²) in [6, 6.07) is 10.3. The molecule has 5 N–H and O–H groups in total. The van der Waals surface area contributed by atoms with Crippen molar-refractivity contribution in [3.05, 3.63) is 52.4 Å². The fraction of sp³-hybridized carbons (Fsp3) is 0.350. The van der Waals surface area contributed by atoms with E-state index in [1.54, 1.807) is 4.90 Å². The third-order valence-corrected chi connectivity index (χ3v) is 6.07. The molecule has 3 heterocycles. The molecule has 0 spiro atoms. The second kappa shape index (κ2) is 7.09. The van der Waals surface area contributed by atoms with Crippen LogP contribution in [0, 0.1) is 0 Å². The number of benzene rings is 1. The Labute approximate surface area is 183 Å². The highest BCUT2D eigenvalue weighted by atomic mass is 35.5. The number of carbonyl (C=O) groups excluding carboxylic acids is 1. The van der Waals surface area contributed by atoms with Crippen molar-refractivity contribution in [2.24, 2.45) is 0 Å². The van der Waals surface area contributed by atoms with Crippen molar-refractivity contribution >= 4 is 35.3 Å². The number of nitrogens with one attached hydrogen (secondary N) is 3. The second-order valence-electron chi connectivity index (χ2n) is 8.29. The molecule has 2 aliphatic rings. The number of H-pyrrole nitrogens is 1. The Morgan fingerprint density at radius 1 is 1.26 bits per heavy atom. The van der Waals surface area contributed by atoms with Crippen molar-refractivity contribution in [1.29, 1.82) is 0 Å². The molecule has 1 aromatic carbocycles. The van der Waals surface area contributed by atoms with Crippen LogP contribution in [0.4, 0.5) is 22.5 Å². The molecule has 2 aromatic heterocycles. The second-order valence-corrected chi connectivity index (χ2v) is 8.63. The molecule has 0 radical (unpaired) electrons. The van der Waals surface area contributed by atoms with E-state index in [0.717, 1.165) is 17.7 Å². The molecule has 2 amide bonds. The van der Waals surface area contributed by atoms with Crippen LogP contribution in [-0.2, 0) is 12.1 Å². The van der Waals surface area contributed by atoms with Crippen LogP contribution in [0.2, 0.25) is 5.28 Å². The van der Waals surface area contributed by atoms with Crippen LogP contribution < -0.4 is 16.4 Å². The van der Waals surface area contributed by atoms with Gasteiger partial charge in [0.25, 0.3) is 0 Å². The van der Waals surface area contributed by atoms with Crippen LogP contribution in [-0.4, -0.2) is 42.1 Å². The number of nitrogens with zero attached hydrogens (tertiary/aromatic N) is 5. The highest BCUT2D eigenvalue weighted by Gasteiger charge is 2.46. The molecule has 0 bridgehead atoms. The molecular formula is C20H22ClN9O. The van der Waals surface area contributed by atoms with Gasteiger partial charge in [-0.05, 0) is 37.4 Å². The van der Waals surface area contributed by atoms with Gasteiger partial charge in [-0.3, -0.25) is 5.10 Å². The molecule has 3 aromatic rings. The number of nitrogen functional groups attached to an aromatic ring is 1. The van der Waals surface area contributed by atoms with E-state index in [2.05, 4.69) is 47.9 Å². The van der Waals surface area contributed by atoms with Gasteiger partial charge in [-0.15, -0.1) is 0 Å². The molecule has 1 saturated carbocycles. The number of aromatic nitrogens is 5. The number of nitrogens with two attached hydrogens (primary N) is 1. The lowest BCUT2D eigenvalue weighted by atomic mass is 10.0. The molecule has 1 aliphatic carbocycles. The molecule has 5 rings (SSSR count). The Hall–Kier alpha value is -3.40. The summed E-state index contributed by atoms with van der Waals surface area (Å²) in [5.74, 6) is 1.09. The molecule has 10 nitrogen and oxygen atoms in total.